The number of nitrogens with zero attached hydrogens (tertiary/aromatic N) is 3. The van der Waals surface area contributed by atoms with Crippen LogP contribution in [0.1, 0.15) is 51.9 Å². The normalized spacial score (nSPS) is 10.9. The summed E-state index contributed by atoms with van der Waals surface area (Å²) in [6, 6.07) is 11.5. The van der Waals surface area contributed by atoms with Gasteiger partial charge in [-0.2, -0.15) is 4.98 Å². The first-order valence-electron chi connectivity index (χ1n) is 9.84. The third kappa shape index (κ3) is 5.91. The summed E-state index contributed by atoms with van der Waals surface area (Å²) < 4.78 is 11.2. The van der Waals surface area contributed by atoms with Crippen LogP contribution >= 0.6 is 0 Å². The Morgan fingerprint density at radius 1 is 0.815 bits per heavy atom. The van der Waals surface area contributed by atoms with E-state index in [1.807, 2.05) is 36.4 Å². The Labute approximate surface area is 160 Å². The molecule has 0 fully saturated rings. The number of ether oxygens (including phenoxy) is 1. The maximum absolute atomic E-state index is 5.83. The summed E-state index contributed by atoms with van der Waals surface area (Å²) in [5, 5.41) is 4.04. The fourth-order valence-corrected chi connectivity index (χ4v) is 2.90. The molecule has 0 radical (unpaired) electrons. The highest BCUT2D eigenvalue weighted by molar-refractivity contribution is 5.59. The van der Waals surface area contributed by atoms with Gasteiger partial charge in [-0.3, -0.25) is 4.98 Å². The molecule has 0 aliphatic carbocycles. The summed E-state index contributed by atoms with van der Waals surface area (Å²) in [4.78, 5) is 8.45. The van der Waals surface area contributed by atoms with Crippen molar-refractivity contribution >= 4 is 0 Å². The van der Waals surface area contributed by atoms with Crippen LogP contribution in [0.25, 0.3) is 22.8 Å². The number of benzene rings is 1. The summed E-state index contributed by atoms with van der Waals surface area (Å²) in [5.41, 5.74) is 1.76. The second-order valence-corrected chi connectivity index (χ2v) is 6.65. The van der Waals surface area contributed by atoms with Crippen molar-refractivity contribution in [1.82, 2.24) is 15.1 Å². The number of unbranched alkanes of at least 4 members (excludes halogenated alkanes) is 6. The third-order valence-electron chi connectivity index (χ3n) is 4.48. The van der Waals surface area contributed by atoms with Crippen molar-refractivity contribution in [2.75, 3.05) is 6.61 Å². The van der Waals surface area contributed by atoms with E-state index in [1.54, 1.807) is 12.4 Å². The van der Waals surface area contributed by atoms with Gasteiger partial charge in [-0.25, -0.2) is 0 Å². The molecule has 3 rings (SSSR count). The van der Waals surface area contributed by atoms with Crippen molar-refractivity contribution in [2.24, 2.45) is 0 Å². The lowest BCUT2D eigenvalue weighted by Gasteiger charge is -2.06. The number of hydrogen-bond donors (Lipinski definition) is 0. The molecular weight excluding hydrogens is 338 g/mol. The molecule has 5 heteroatoms. The molecule has 0 aliphatic rings. The molecule has 0 spiro atoms. The van der Waals surface area contributed by atoms with Crippen LogP contribution in [0.2, 0.25) is 0 Å². The zero-order valence-electron chi connectivity index (χ0n) is 15.9. The average molecular weight is 365 g/mol. The van der Waals surface area contributed by atoms with Crippen molar-refractivity contribution in [1.29, 1.82) is 0 Å². The molecule has 0 bridgehead atoms. The topological polar surface area (TPSA) is 61.0 Å². The second-order valence-electron chi connectivity index (χ2n) is 6.65. The van der Waals surface area contributed by atoms with E-state index in [0.29, 0.717) is 11.7 Å². The maximum atomic E-state index is 5.83. The molecule has 5 nitrogen and oxygen atoms in total. The Morgan fingerprint density at radius 2 is 1.52 bits per heavy atom. The van der Waals surface area contributed by atoms with Gasteiger partial charge in [0.15, 0.2) is 0 Å². The lowest BCUT2D eigenvalue weighted by atomic mass is 10.1. The van der Waals surface area contributed by atoms with Crippen molar-refractivity contribution in [3.05, 3.63) is 48.8 Å². The minimum atomic E-state index is 0.500. The largest absolute Gasteiger partial charge is 0.494 e. The molecule has 142 valence electrons. The summed E-state index contributed by atoms with van der Waals surface area (Å²) in [6.45, 7) is 3.01. The summed E-state index contributed by atoms with van der Waals surface area (Å²) in [5.74, 6) is 1.94. The van der Waals surface area contributed by atoms with Gasteiger partial charge in [0.1, 0.15) is 5.75 Å². The summed E-state index contributed by atoms with van der Waals surface area (Å²) in [6.07, 6.45) is 12.4. The van der Waals surface area contributed by atoms with E-state index in [2.05, 4.69) is 22.0 Å². The molecule has 0 saturated heterocycles. The predicted octanol–water partition coefficient (Wildman–Crippen LogP) is 5.93. The van der Waals surface area contributed by atoms with Crippen LogP contribution in [0, 0.1) is 0 Å². The molecule has 27 heavy (non-hydrogen) atoms. The Balaban J connectivity index is 1.45. The second kappa shape index (κ2) is 10.5. The predicted molar refractivity (Wildman–Crippen MR) is 106 cm³/mol. The van der Waals surface area contributed by atoms with Gasteiger partial charge in [0.05, 0.1) is 6.61 Å². The van der Waals surface area contributed by atoms with E-state index in [-0.39, 0.29) is 0 Å². The van der Waals surface area contributed by atoms with Crippen LogP contribution in [-0.2, 0) is 0 Å². The molecule has 1 aromatic carbocycles. The average Bonchev–Trinajstić information content (AvgIpc) is 3.21. The van der Waals surface area contributed by atoms with Crippen LogP contribution in [0.3, 0.4) is 0 Å². The molecule has 0 unspecified atom stereocenters. The molecule has 2 aromatic heterocycles. The molecule has 0 aliphatic heterocycles. The lowest BCUT2D eigenvalue weighted by molar-refractivity contribution is 0.304. The molecular formula is C22H27N3O2. The number of pyridine rings is 1. The van der Waals surface area contributed by atoms with E-state index in [4.69, 9.17) is 9.26 Å². The number of aromatic nitrogens is 3. The van der Waals surface area contributed by atoms with E-state index < -0.39 is 0 Å². The fourth-order valence-electron chi connectivity index (χ4n) is 2.90. The van der Waals surface area contributed by atoms with E-state index >= 15 is 0 Å². The highest BCUT2D eigenvalue weighted by Gasteiger charge is 2.10. The summed E-state index contributed by atoms with van der Waals surface area (Å²) >= 11 is 0. The molecule has 2 heterocycles. The molecule has 0 N–H and O–H groups in total. The van der Waals surface area contributed by atoms with Crippen LogP contribution in [0.15, 0.2) is 53.3 Å². The number of hydrogen-bond acceptors (Lipinski definition) is 5. The first-order valence-corrected chi connectivity index (χ1v) is 9.84. The minimum Gasteiger partial charge on any atom is -0.494 e. The molecule has 0 saturated carbocycles. The van der Waals surface area contributed by atoms with Gasteiger partial charge in [0, 0.05) is 23.5 Å². The van der Waals surface area contributed by atoms with Gasteiger partial charge in [-0.1, -0.05) is 50.6 Å². The van der Waals surface area contributed by atoms with E-state index in [0.717, 1.165) is 29.9 Å². The molecule has 0 atom stereocenters. The zero-order chi connectivity index (χ0) is 18.7. The molecule has 3 aromatic rings. The highest BCUT2D eigenvalue weighted by Crippen LogP contribution is 2.24. The Kier molecular flexibility index (Phi) is 7.39. The first kappa shape index (κ1) is 19.1. The minimum absolute atomic E-state index is 0.500. The Bertz CT molecular complexity index is 785. The van der Waals surface area contributed by atoms with Crippen LogP contribution in [-0.4, -0.2) is 21.7 Å². The van der Waals surface area contributed by atoms with Crippen LogP contribution in [0.4, 0.5) is 0 Å². The smallest absolute Gasteiger partial charge is 0.258 e. The van der Waals surface area contributed by atoms with Crippen LogP contribution < -0.4 is 4.74 Å². The first-order chi connectivity index (χ1) is 13.4. The highest BCUT2D eigenvalue weighted by atomic mass is 16.5. The van der Waals surface area contributed by atoms with Crippen molar-refractivity contribution in [3.8, 4) is 28.6 Å². The van der Waals surface area contributed by atoms with Gasteiger partial charge in [-0.05, 0) is 42.8 Å². The van der Waals surface area contributed by atoms with Crippen molar-refractivity contribution in [3.63, 3.8) is 0 Å². The monoisotopic (exact) mass is 365 g/mol. The zero-order valence-corrected chi connectivity index (χ0v) is 15.9. The van der Waals surface area contributed by atoms with Gasteiger partial charge < -0.3 is 9.26 Å². The third-order valence-corrected chi connectivity index (χ3v) is 4.48. The van der Waals surface area contributed by atoms with Gasteiger partial charge in [-0.15, -0.1) is 0 Å². The molecule has 0 amide bonds. The van der Waals surface area contributed by atoms with E-state index in [1.165, 1.54) is 38.5 Å². The quantitative estimate of drug-likeness (QED) is 0.394. The lowest BCUT2D eigenvalue weighted by Crippen LogP contribution is -1.97. The SMILES string of the molecule is CCCCCCCCCOc1ccc(-c2nc(-c3ccncc3)no2)cc1. The van der Waals surface area contributed by atoms with Gasteiger partial charge in [0.2, 0.25) is 5.82 Å². The van der Waals surface area contributed by atoms with E-state index in [9.17, 15) is 0 Å². The number of rotatable bonds is 11. The van der Waals surface area contributed by atoms with Crippen LogP contribution in [0.5, 0.6) is 5.75 Å². The fraction of sp³-hybridized carbons (Fsp3) is 0.409. The maximum Gasteiger partial charge on any atom is 0.258 e. The van der Waals surface area contributed by atoms with Crippen molar-refractivity contribution in [2.45, 2.75) is 51.9 Å². The van der Waals surface area contributed by atoms with Crippen molar-refractivity contribution < 1.29 is 9.26 Å². The Morgan fingerprint density at radius 3 is 2.26 bits per heavy atom. The summed E-state index contributed by atoms with van der Waals surface area (Å²) in [7, 11) is 0. The standard InChI is InChI=1S/C22H27N3O2/c1-2-3-4-5-6-7-8-17-26-20-11-9-19(10-12-20)22-24-21(25-27-22)18-13-15-23-16-14-18/h9-16H,2-8,17H2,1H3. The van der Waals surface area contributed by atoms with Gasteiger partial charge in [0.25, 0.3) is 5.89 Å². The van der Waals surface area contributed by atoms with Gasteiger partial charge >= 0.3 is 0 Å². The Hall–Kier alpha value is -2.69.